The van der Waals surface area contributed by atoms with Gasteiger partial charge in [-0.2, -0.15) is 0 Å². The number of amides is 2. The van der Waals surface area contributed by atoms with E-state index in [0.717, 1.165) is 77.9 Å². The molecule has 0 atom stereocenters. The lowest BCUT2D eigenvalue weighted by atomic mass is 10.0. The number of carbonyl (C=O) groups is 2. The maximum atomic E-state index is 11.9. The molecular weight excluding hydrogens is 482 g/mol. The first-order valence-corrected chi connectivity index (χ1v) is 13.0. The lowest BCUT2D eigenvalue weighted by molar-refractivity contribution is -0.115. The summed E-state index contributed by atoms with van der Waals surface area (Å²) in [6, 6.07) is 11.8. The monoisotopic (exact) mass is 507 g/mol. The summed E-state index contributed by atoms with van der Waals surface area (Å²) in [5, 5.41) is 3.48. The number of imide groups is 1. The van der Waals surface area contributed by atoms with Crippen LogP contribution < -0.4 is 10.2 Å². The number of benzene rings is 2. The predicted octanol–water partition coefficient (Wildman–Crippen LogP) is 5.20. The number of nitrogens with one attached hydrogen (secondary N) is 1. The minimum absolute atomic E-state index is 0.358. The Labute approximate surface area is 213 Å². The summed E-state index contributed by atoms with van der Waals surface area (Å²) in [4.78, 5) is 37.6. The van der Waals surface area contributed by atoms with Gasteiger partial charge in [0.15, 0.2) is 0 Å². The van der Waals surface area contributed by atoms with Crippen molar-refractivity contribution in [1.82, 2.24) is 20.2 Å². The van der Waals surface area contributed by atoms with Gasteiger partial charge in [-0.3, -0.25) is 19.8 Å². The third-order valence-corrected chi connectivity index (χ3v) is 7.47. The highest BCUT2D eigenvalue weighted by atomic mass is 35.5. The Morgan fingerprint density at radius 3 is 2.63 bits per heavy atom. The van der Waals surface area contributed by atoms with Crippen molar-refractivity contribution < 1.29 is 9.59 Å². The van der Waals surface area contributed by atoms with Gasteiger partial charge in [0.2, 0.25) is 0 Å². The van der Waals surface area contributed by atoms with Crippen LogP contribution in [0.1, 0.15) is 25.3 Å². The molecule has 3 aromatic rings. The molecule has 2 saturated heterocycles. The summed E-state index contributed by atoms with van der Waals surface area (Å²) in [5.74, 6) is -0.377. The van der Waals surface area contributed by atoms with Crippen LogP contribution in [0.25, 0.3) is 28.2 Å². The van der Waals surface area contributed by atoms with Crippen molar-refractivity contribution >= 4 is 57.2 Å². The molecule has 2 aliphatic heterocycles. The second-order valence-electron chi connectivity index (χ2n) is 8.70. The molecule has 2 aromatic carbocycles. The van der Waals surface area contributed by atoms with Gasteiger partial charge < -0.3 is 4.90 Å². The quantitative estimate of drug-likeness (QED) is 0.459. The molecule has 2 fully saturated rings. The number of halogens is 1. The summed E-state index contributed by atoms with van der Waals surface area (Å²) >= 11 is 7.67. The van der Waals surface area contributed by atoms with Gasteiger partial charge in [0.25, 0.3) is 11.1 Å². The van der Waals surface area contributed by atoms with Crippen molar-refractivity contribution in [3.8, 4) is 11.3 Å². The topological polar surface area (TPSA) is 78.4 Å². The number of unbranched alkanes of at least 4 members (excludes halogenated alkanes) is 1. The minimum Gasteiger partial charge on any atom is -0.368 e. The van der Waals surface area contributed by atoms with E-state index in [4.69, 9.17) is 11.6 Å². The van der Waals surface area contributed by atoms with E-state index in [-0.39, 0.29) is 11.1 Å². The molecular formula is C26H26ClN5O2S. The molecule has 5 rings (SSSR count). The van der Waals surface area contributed by atoms with Crippen LogP contribution in [0.15, 0.2) is 47.6 Å². The smallest absolute Gasteiger partial charge is 0.290 e. The Balaban J connectivity index is 1.41. The number of carbonyl (C=O) groups excluding carboxylic acids is 2. The molecule has 2 amide bonds. The molecule has 7 nitrogen and oxygen atoms in total. The number of hydrogen-bond donors (Lipinski definition) is 1. The minimum atomic E-state index is -0.377. The van der Waals surface area contributed by atoms with Gasteiger partial charge in [-0.05, 0) is 60.6 Å². The number of piperazine rings is 1. The van der Waals surface area contributed by atoms with Crippen LogP contribution in [0.5, 0.6) is 0 Å². The first-order chi connectivity index (χ1) is 17.0. The number of fused-ring (bicyclic) bond motifs is 1. The number of hydrogen-bond acceptors (Lipinski definition) is 7. The van der Waals surface area contributed by atoms with Crippen molar-refractivity contribution in [2.45, 2.75) is 19.8 Å². The Bertz CT molecular complexity index is 1320. The molecule has 2 aliphatic rings. The number of aromatic nitrogens is 2. The summed E-state index contributed by atoms with van der Waals surface area (Å²) in [6.45, 7) is 7.42. The zero-order valence-electron chi connectivity index (χ0n) is 19.5. The summed E-state index contributed by atoms with van der Waals surface area (Å²) in [5.41, 5.74) is 4.31. The Kier molecular flexibility index (Phi) is 7.04. The zero-order valence-corrected chi connectivity index (χ0v) is 21.0. The zero-order chi connectivity index (χ0) is 24.4. The van der Waals surface area contributed by atoms with E-state index < -0.39 is 0 Å². The molecule has 0 saturated carbocycles. The molecule has 3 heterocycles. The second kappa shape index (κ2) is 10.4. The highest BCUT2D eigenvalue weighted by Gasteiger charge is 2.25. The van der Waals surface area contributed by atoms with Gasteiger partial charge in [0, 0.05) is 37.1 Å². The average molecular weight is 508 g/mol. The van der Waals surface area contributed by atoms with E-state index >= 15 is 0 Å². The fraction of sp³-hybridized carbons (Fsp3) is 0.308. The van der Waals surface area contributed by atoms with Gasteiger partial charge in [0.05, 0.1) is 26.8 Å². The van der Waals surface area contributed by atoms with E-state index in [2.05, 4.69) is 44.1 Å². The van der Waals surface area contributed by atoms with E-state index in [1.54, 1.807) is 12.4 Å². The first kappa shape index (κ1) is 23.8. The highest BCUT2D eigenvalue weighted by molar-refractivity contribution is 8.18. The van der Waals surface area contributed by atoms with E-state index in [9.17, 15) is 9.59 Å². The van der Waals surface area contributed by atoms with Crippen LogP contribution in [0.2, 0.25) is 5.02 Å². The fourth-order valence-electron chi connectivity index (χ4n) is 4.47. The van der Waals surface area contributed by atoms with Crippen LogP contribution in [0, 0.1) is 0 Å². The van der Waals surface area contributed by atoms with Gasteiger partial charge in [-0.25, -0.2) is 9.97 Å². The molecule has 1 N–H and O–H groups in total. The highest BCUT2D eigenvalue weighted by Crippen LogP contribution is 2.34. The lowest BCUT2D eigenvalue weighted by Crippen LogP contribution is -2.46. The molecule has 0 unspecified atom stereocenters. The number of anilines is 1. The average Bonchev–Trinajstić information content (AvgIpc) is 3.18. The summed E-state index contributed by atoms with van der Waals surface area (Å²) in [7, 11) is 0. The van der Waals surface area contributed by atoms with Crippen LogP contribution >= 0.6 is 23.4 Å². The Hall–Kier alpha value is -2.94. The van der Waals surface area contributed by atoms with E-state index in [1.165, 1.54) is 12.8 Å². The molecule has 0 aliphatic carbocycles. The molecule has 0 bridgehead atoms. The molecule has 1 aromatic heterocycles. The first-order valence-electron chi connectivity index (χ1n) is 11.8. The van der Waals surface area contributed by atoms with Gasteiger partial charge in [0.1, 0.15) is 6.33 Å². The van der Waals surface area contributed by atoms with Crippen molar-refractivity contribution in [2.75, 3.05) is 37.6 Å². The Morgan fingerprint density at radius 1 is 1.09 bits per heavy atom. The maximum Gasteiger partial charge on any atom is 0.290 e. The fourth-order valence-corrected chi connectivity index (χ4v) is 5.45. The third kappa shape index (κ3) is 5.19. The maximum absolute atomic E-state index is 11.9. The van der Waals surface area contributed by atoms with Crippen molar-refractivity contribution in [1.29, 1.82) is 0 Å². The number of rotatable bonds is 6. The lowest BCUT2D eigenvalue weighted by Gasteiger charge is -2.36. The van der Waals surface area contributed by atoms with E-state index in [0.29, 0.717) is 9.93 Å². The molecule has 35 heavy (non-hydrogen) atoms. The summed E-state index contributed by atoms with van der Waals surface area (Å²) in [6.07, 6.45) is 5.72. The summed E-state index contributed by atoms with van der Waals surface area (Å²) < 4.78 is 0. The molecule has 0 radical (unpaired) electrons. The largest absolute Gasteiger partial charge is 0.368 e. The number of thioether (sulfide) groups is 1. The molecule has 9 heteroatoms. The third-order valence-electron chi connectivity index (χ3n) is 6.36. The van der Waals surface area contributed by atoms with Crippen LogP contribution in [-0.4, -0.2) is 58.7 Å². The van der Waals surface area contributed by atoms with Crippen molar-refractivity contribution in [3.63, 3.8) is 0 Å². The second-order valence-corrected chi connectivity index (χ2v) is 10.1. The van der Waals surface area contributed by atoms with Crippen molar-refractivity contribution in [3.05, 3.63) is 58.2 Å². The van der Waals surface area contributed by atoms with Crippen LogP contribution in [0.4, 0.5) is 10.5 Å². The predicted molar refractivity (Wildman–Crippen MR) is 143 cm³/mol. The van der Waals surface area contributed by atoms with Gasteiger partial charge in [-0.1, -0.05) is 37.1 Å². The van der Waals surface area contributed by atoms with Gasteiger partial charge in [-0.15, -0.1) is 0 Å². The number of nitrogens with zero attached hydrogens (tertiary/aromatic N) is 4. The van der Waals surface area contributed by atoms with Crippen LogP contribution in [-0.2, 0) is 4.79 Å². The molecule has 0 spiro atoms. The SMILES string of the molecule is CCCCN1CCN(c2ccc(-c3ncnc4ccc(C=C5SC(=O)NC5=O)cc34)cc2Cl)CC1. The van der Waals surface area contributed by atoms with Crippen LogP contribution in [0.3, 0.4) is 0 Å². The normalized spacial score (nSPS) is 18.0. The standard InChI is InChI=1S/C26H26ClN5O2S/c1-2-3-8-31-9-11-32(12-10-31)22-7-5-18(15-20(22)27)24-19-13-17(4-6-21(19)28-16-29-24)14-23-25(33)30-26(34)35-23/h4-7,13-16H,2-3,8-12H2,1H3,(H,30,33,34). The molecule has 180 valence electrons. The van der Waals surface area contributed by atoms with Gasteiger partial charge >= 0.3 is 0 Å². The van der Waals surface area contributed by atoms with E-state index in [1.807, 2.05) is 24.3 Å². The van der Waals surface area contributed by atoms with Crippen molar-refractivity contribution in [2.24, 2.45) is 0 Å². The Morgan fingerprint density at radius 2 is 1.91 bits per heavy atom.